The highest BCUT2D eigenvalue weighted by atomic mass is 32.1. The van der Waals surface area contributed by atoms with E-state index in [0.29, 0.717) is 0 Å². The van der Waals surface area contributed by atoms with Crippen LogP contribution in [0.3, 0.4) is 0 Å². The van der Waals surface area contributed by atoms with Gasteiger partial charge in [0.1, 0.15) is 11.3 Å². The number of rotatable bonds is 6. The second kappa shape index (κ2) is 7.61. The van der Waals surface area contributed by atoms with Crippen LogP contribution in [0.2, 0.25) is 0 Å². The van der Waals surface area contributed by atoms with Gasteiger partial charge >= 0.3 is 0 Å². The molecule has 4 nitrogen and oxygen atoms in total. The molecule has 0 atom stereocenters. The maximum Gasteiger partial charge on any atom is 0.169 e. The first-order chi connectivity index (χ1) is 10.5. The molecule has 2 aromatic rings. The molecule has 0 saturated carbocycles. The van der Waals surface area contributed by atoms with Gasteiger partial charge < -0.3 is 19.5 Å². The van der Waals surface area contributed by atoms with Crippen molar-refractivity contribution in [2.75, 3.05) is 34.2 Å². The smallest absolute Gasteiger partial charge is 0.169 e. The number of fused-ring (bicyclic) bond motifs is 1. The van der Waals surface area contributed by atoms with E-state index in [2.05, 4.69) is 43.4 Å². The van der Waals surface area contributed by atoms with Crippen LogP contribution in [0.15, 0.2) is 28.7 Å². The first-order valence-corrected chi connectivity index (χ1v) is 8.21. The molecule has 0 aliphatic heterocycles. The van der Waals surface area contributed by atoms with Gasteiger partial charge in [-0.3, -0.25) is 0 Å². The van der Waals surface area contributed by atoms with Crippen LogP contribution >= 0.6 is 12.2 Å². The Morgan fingerprint density at radius 3 is 2.73 bits per heavy atom. The lowest BCUT2D eigenvalue weighted by Crippen LogP contribution is -3.06. The van der Waals surface area contributed by atoms with E-state index in [4.69, 9.17) is 16.6 Å². The molecule has 2 N–H and O–H groups in total. The van der Waals surface area contributed by atoms with Gasteiger partial charge in [-0.1, -0.05) is 25.1 Å². The van der Waals surface area contributed by atoms with Crippen molar-refractivity contribution in [3.8, 4) is 0 Å². The molecule has 0 fully saturated rings. The molecule has 22 heavy (non-hydrogen) atoms. The molecule has 0 amide bonds. The highest BCUT2D eigenvalue weighted by Gasteiger charge is 2.15. The van der Waals surface area contributed by atoms with Crippen LogP contribution in [0.4, 0.5) is 0 Å². The topological polar surface area (TPSA) is 32.9 Å². The predicted octanol–water partition coefficient (Wildman–Crippen LogP) is 1.45. The number of aryl methyl sites for hydroxylation is 1. The molecule has 1 aromatic heterocycles. The summed E-state index contributed by atoms with van der Waals surface area (Å²) in [5, 5.41) is 5.29. The minimum absolute atomic E-state index is 0.765. The van der Waals surface area contributed by atoms with E-state index in [0.717, 1.165) is 42.5 Å². The van der Waals surface area contributed by atoms with Crippen LogP contribution in [0, 0.1) is 0 Å². The molecule has 5 heteroatoms. The van der Waals surface area contributed by atoms with Gasteiger partial charge in [-0.2, -0.15) is 0 Å². The zero-order chi connectivity index (χ0) is 16.1. The molecular weight excluding hydrogens is 294 g/mol. The minimum Gasteiger partial charge on any atom is -0.461 e. The maximum atomic E-state index is 5.95. The Bertz CT molecular complexity index is 636. The molecule has 1 heterocycles. The Hall–Kier alpha value is -1.59. The Balaban J connectivity index is 2.07. The summed E-state index contributed by atoms with van der Waals surface area (Å²) < 4.78 is 5.95. The molecule has 0 aliphatic carbocycles. The second-order valence-corrected chi connectivity index (χ2v) is 6.29. The number of likely N-dealkylation sites (N-methyl/N-ethyl adjacent to an activating group) is 1. The average Bonchev–Trinajstić information content (AvgIpc) is 2.84. The summed E-state index contributed by atoms with van der Waals surface area (Å²) in [5.74, 6) is 1.05. The highest BCUT2D eigenvalue weighted by molar-refractivity contribution is 7.80. The minimum atomic E-state index is 0.765. The fraction of sp³-hybridized carbons (Fsp3) is 0.471. The van der Waals surface area contributed by atoms with Crippen LogP contribution in [0.5, 0.6) is 0 Å². The molecular formula is C17H26N3OS+. The van der Waals surface area contributed by atoms with E-state index in [1.54, 1.807) is 0 Å². The lowest BCUT2D eigenvalue weighted by atomic mass is 10.1. The van der Waals surface area contributed by atoms with Gasteiger partial charge in [-0.15, -0.1) is 0 Å². The number of para-hydroxylation sites is 1. The van der Waals surface area contributed by atoms with Crippen LogP contribution in [0.1, 0.15) is 18.2 Å². The first kappa shape index (κ1) is 16.8. The standard InChI is InChI=1S/C17H25N3OS/c1-5-15-14(13-8-6-7-9-16(13)21-15)12-20(4)17(22)18-10-11-19(2)3/h6-9H,5,10-12H2,1-4H3,(H,18,22)/p+1. The van der Waals surface area contributed by atoms with Crippen molar-refractivity contribution in [3.05, 3.63) is 35.6 Å². The van der Waals surface area contributed by atoms with Crippen molar-refractivity contribution in [2.24, 2.45) is 0 Å². The largest absolute Gasteiger partial charge is 0.461 e. The predicted molar refractivity (Wildman–Crippen MR) is 95.3 cm³/mol. The van der Waals surface area contributed by atoms with Crippen molar-refractivity contribution in [1.29, 1.82) is 0 Å². The summed E-state index contributed by atoms with van der Waals surface area (Å²) >= 11 is 5.48. The number of hydrogen-bond acceptors (Lipinski definition) is 2. The molecule has 120 valence electrons. The third-order valence-corrected chi connectivity index (χ3v) is 4.20. The zero-order valence-electron chi connectivity index (χ0n) is 13.9. The van der Waals surface area contributed by atoms with Crippen molar-refractivity contribution >= 4 is 28.3 Å². The van der Waals surface area contributed by atoms with Crippen LogP contribution in [0.25, 0.3) is 11.0 Å². The third-order valence-electron chi connectivity index (χ3n) is 3.75. The monoisotopic (exact) mass is 320 g/mol. The quantitative estimate of drug-likeness (QED) is 0.789. The summed E-state index contributed by atoms with van der Waals surface area (Å²) in [6, 6.07) is 8.20. The fourth-order valence-electron chi connectivity index (χ4n) is 2.47. The number of benzene rings is 1. The van der Waals surface area contributed by atoms with E-state index in [1.165, 1.54) is 15.8 Å². The van der Waals surface area contributed by atoms with E-state index >= 15 is 0 Å². The number of quaternary nitrogens is 1. The second-order valence-electron chi connectivity index (χ2n) is 5.90. The summed E-state index contributed by atoms with van der Waals surface area (Å²) in [7, 11) is 6.30. The SMILES string of the molecule is CCc1oc2ccccc2c1CN(C)C(=S)NCC[NH+](C)C. The molecule has 0 aliphatic rings. The molecule has 0 bridgehead atoms. The zero-order valence-corrected chi connectivity index (χ0v) is 14.7. The van der Waals surface area contributed by atoms with Crippen molar-refractivity contribution in [2.45, 2.75) is 19.9 Å². The van der Waals surface area contributed by atoms with E-state index in [1.807, 2.05) is 19.2 Å². The van der Waals surface area contributed by atoms with Gasteiger partial charge in [0.2, 0.25) is 0 Å². The molecule has 0 saturated heterocycles. The van der Waals surface area contributed by atoms with E-state index < -0.39 is 0 Å². The number of nitrogens with one attached hydrogen (secondary N) is 2. The number of hydrogen-bond donors (Lipinski definition) is 2. The molecule has 0 radical (unpaired) electrons. The maximum absolute atomic E-state index is 5.95. The van der Waals surface area contributed by atoms with Crippen LogP contribution < -0.4 is 10.2 Å². The van der Waals surface area contributed by atoms with Gasteiger partial charge in [-0.05, 0) is 18.3 Å². The Labute approximate surface area is 138 Å². The van der Waals surface area contributed by atoms with Gasteiger partial charge in [0.15, 0.2) is 5.11 Å². The van der Waals surface area contributed by atoms with Gasteiger partial charge in [0.25, 0.3) is 0 Å². The van der Waals surface area contributed by atoms with Crippen molar-refractivity contribution < 1.29 is 9.32 Å². The lowest BCUT2D eigenvalue weighted by Gasteiger charge is -2.21. The molecule has 0 unspecified atom stereocenters. The molecule has 2 rings (SSSR count). The van der Waals surface area contributed by atoms with E-state index in [-0.39, 0.29) is 0 Å². The summed E-state index contributed by atoms with van der Waals surface area (Å²) in [6.45, 7) is 4.82. The normalized spacial score (nSPS) is 11.1. The van der Waals surface area contributed by atoms with Crippen molar-refractivity contribution in [3.63, 3.8) is 0 Å². The van der Waals surface area contributed by atoms with E-state index in [9.17, 15) is 0 Å². The lowest BCUT2D eigenvalue weighted by molar-refractivity contribution is -0.856. The van der Waals surface area contributed by atoms with Gasteiger partial charge in [0.05, 0.1) is 27.2 Å². The average molecular weight is 320 g/mol. The summed E-state index contributed by atoms with van der Waals surface area (Å²) in [6.07, 6.45) is 0.891. The highest BCUT2D eigenvalue weighted by Crippen LogP contribution is 2.27. The van der Waals surface area contributed by atoms with Gasteiger partial charge in [0, 0.05) is 31.0 Å². The van der Waals surface area contributed by atoms with Crippen molar-refractivity contribution in [1.82, 2.24) is 10.2 Å². The van der Waals surface area contributed by atoms with Crippen LogP contribution in [-0.4, -0.2) is 44.2 Å². The number of thiocarbonyl (C=S) groups is 1. The Morgan fingerprint density at radius 1 is 1.32 bits per heavy atom. The molecule has 0 spiro atoms. The molecule has 1 aromatic carbocycles. The number of furan rings is 1. The fourth-order valence-corrected chi connectivity index (χ4v) is 2.64. The van der Waals surface area contributed by atoms with Crippen LogP contribution in [-0.2, 0) is 13.0 Å². The third kappa shape index (κ3) is 3.99. The first-order valence-electron chi connectivity index (χ1n) is 7.80. The number of nitrogens with zero attached hydrogens (tertiary/aromatic N) is 1. The summed E-state index contributed by atoms with van der Waals surface area (Å²) in [5.41, 5.74) is 2.20. The Morgan fingerprint density at radius 2 is 2.05 bits per heavy atom. The Kier molecular flexibility index (Phi) is 5.80. The summed E-state index contributed by atoms with van der Waals surface area (Å²) in [4.78, 5) is 3.49. The van der Waals surface area contributed by atoms with Gasteiger partial charge in [-0.25, -0.2) is 0 Å².